The first-order valence-corrected chi connectivity index (χ1v) is 9.51. The molecule has 3 rings (SSSR count). The molecule has 0 aliphatic heterocycles. The lowest BCUT2D eigenvalue weighted by atomic mass is 10.0. The van der Waals surface area contributed by atoms with Crippen LogP contribution in [0.15, 0.2) is 42.5 Å². The summed E-state index contributed by atoms with van der Waals surface area (Å²) in [5, 5.41) is 5.77. The predicted molar refractivity (Wildman–Crippen MR) is 107 cm³/mol. The third kappa shape index (κ3) is 4.28. The normalized spacial score (nSPS) is 12.0. The van der Waals surface area contributed by atoms with Crippen LogP contribution in [-0.2, 0) is 4.79 Å². The van der Waals surface area contributed by atoms with E-state index in [9.17, 15) is 14.0 Å². The van der Waals surface area contributed by atoms with Gasteiger partial charge in [-0.05, 0) is 36.2 Å². The first kappa shape index (κ1) is 19.8. The average molecular weight is 401 g/mol. The maximum atomic E-state index is 13.8. The third-order valence-corrected chi connectivity index (χ3v) is 5.11. The largest absolute Gasteiger partial charge is 0.497 e. The van der Waals surface area contributed by atoms with Crippen molar-refractivity contribution in [3.05, 3.63) is 53.8 Å². The van der Waals surface area contributed by atoms with Crippen molar-refractivity contribution in [2.75, 3.05) is 12.4 Å². The standard InChI is InChI=1S/C20H20FN3O3S/c1-11(2)17(23-18(25)13-6-4-5-7-14(13)21)19(26)24-20-22-15-9-8-12(27-3)10-16(15)28-20/h4-11,17H,1-3H3,(H,23,25)(H,22,24,26). The minimum Gasteiger partial charge on any atom is -0.497 e. The maximum Gasteiger partial charge on any atom is 0.254 e. The van der Waals surface area contributed by atoms with Crippen LogP contribution in [0.25, 0.3) is 10.2 Å². The zero-order valence-electron chi connectivity index (χ0n) is 15.7. The number of methoxy groups -OCH3 is 1. The fourth-order valence-electron chi connectivity index (χ4n) is 2.67. The van der Waals surface area contributed by atoms with E-state index in [-0.39, 0.29) is 11.5 Å². The summed E-state index contributed by atoms with van der Waals surface area (Å²) in [6.45, 7) is 3.60. The summed E-state index contributed by atoms with van der Waals surface area (Å²) in [6, 6.07) is 10.2. The first-order chi connectivity index (χ1) is 13.4. The number of rotatable bonds is 6. The van der Waals surface area contributed by atoms with Crippen LogP contribution in [0, 0.1) is 11.7 Å². The van der Waals surface area contributed by atoms with Gasteiger partial charge >= 0.3 is 0 Å². The molecule has 0 saturated carbocycles. The van der Waals surface area contributed by atoms with Crippen molar-refractivity contribution in [3.63, 3.8) is 0 Å². The number of fused-ring (bicyclic) bond motifs is 1. The van der Waals surface area contributed by atoms with E-state index in [1.807, 2.05) is 6.07 Å². The molecule has 0 spiro atoms. The maximum absolute atomic E-state index is 13.8. The van der Waals surface area contributed by atoms with E-state index in [2.05, 4.69) is 15.6 Å². The van der Waals surface area contributed by atoms with Gasteiger partial charge in [-0.1, -0.05) is 37.3 Å². The molecule has 146 valence electrons. The van der Waals surface area contributed by atoms with Crippen molar-refractivity contribution >= 4 is 38.5 Å². The Hall–Kier alpha value is -3.00. The number of aromatic nitrogens is 1. The molecule has 6 nitrogen and oxygen atoms in total. The van der Waals surface area contributed by atoms with Gasteiger partial charge in [0.05, 0.1) is 22.9 Å². The Kier molecular flexibility index (Phi) is 5.89. The van der Waals surface area contributed by atoms with Gasteiger partial charge in [-0.2, -0.15) is 0 Å². The molecule has 1 aromatic heterocycles. The van der Waals surface area contributed by atoms with E-state index in [1.165, 1.54) is 29.5 Å². The Morgan fingerprint density at radius 3 is 2.61 bits per heavy atom. The van der Waals surface area contributed by atoms with Gasteiger partial charge in [-0.25, -0.2) is 9.37 Å². The lowest BCUT2D eigenvalue weighted by molar-refractivity contribution is -0.118. The minimum atomic E-state index is -0.839. The number of amides is 2. The molecule has 1 heterocycles. The Bertz CT molecular complexity index is 1020. The van der Waals surface area contributed by atoms with Gasteiger partial charge in [0.25, 0.3) is 5.91 Å². The second kappa shape index (κ2) is 8.35. The molecular formula is C20H20FN3O3S. The van der Waals surface area contributed by atoms with Crippen molar-refractivity contribution in [1.82, 2.24) is 10.3 Å². The summed E-state index contributed by atoms with van der Waals surface area (Å²) < 4.78 is 19.9. The van der Waals surface area contributed by atoms with Crippen molar-refractivity contribution in [2.45, 2.75) is 19.9 Å². The lowest BCUT2D eigenvalue weighted by Crippen LogP contribution is -2.47. The highest BCUT2D eigenvalue weighted by molar-refractivity contribution is 7.22. The monoisotopic (exact) mass is 401 g/mol. The highest BCUT2D eigenvalue weighted by Crippen LogP contribution is 2.29. The van der Waals surface area contributed by atoms with Gasteiger partial charge < -0.3 is 15.4 Å². The molecule has 0 bridgehead atoms. The van der Waals surface area contributed by atoms with E-state index >= 15 is 0 Å². The number of thiazole rings is 1. The minimum absolute atomic E-state index is 0.104. The van der Waals surface area contributed by atoms with Crippen LogP contribution in [0.3, 0.4) is 0 Å². The van der Waals surface area contributed by atoms with Crippen LogP contribution in [0.1, 0.15) is 24.2 Å². The Balaban J connectivity index is 1.76. The number of benzene rings is 2. The number of anilines is 1. The smallest absolute Gasteiger partial charge is 0.254 e. The highest BCUT2D eigenvalue weighted by Gasteiger charge is 2.26. The summed E-state index contributed by atoms with van der Waals surface area (Å²) in [5.41, 5.74) is 0.630. The van der Waals surface area contributed by atoms with Crippen LogP contribution in [-0.4, -0.2) is 29.9 Å². The van der Waals surface area contributed by atoms with Crippen LogP contribution in [0.2, 0.25) is 0 Å². The molecule has 28 heavy (non-hydrogen) atoms. The molecule has 2 N–H and O–H groups in total. The van der Waals surface area contributed by atoms with Gasteiger partial charge in [0.2, 0.25) is 5.91 Å². The molecule has 0 saturated heterocycles. The Morgan fingerprint density at radius 1 is 1.18 bits per heavy atom. The van der Waals surface area contributed by atoms with E-state index in [0.29, 0.717) is 10.9 Å². The van der Waals surface area contributed by atoms with Gasteiger partial charge in [-0.3, -0.25) is 9.59 Å². The van der Waals surface area contributed by atoms with Crippen LogP contribution < -0.4 is 15.4 Å². The molecule has 2 aromatic carbocycles. The van der Waals surface area contributed by atoms with E-state index < -0.39 is 23.7 Å². The van der Waals surface area contributed by atoms with Gasteiger partial charge in [0, 0.05) is 0 Å². The number of nitrogens with zero attached hydrogens (tertiary/aromatic N) is 1. The summed E-state index contributed by atoms with van der Waals surface area (Å²) in [4.78, 5) is 29.5. The van der Waals surface area contributed by atoms with E-state index in [0.717, 1.165) is 10.2 Å². The number of hydrogen-bond donors (Lipinski definition) is 2. The zero-order valence-corrected chi connectivity index (χ0v) is 16.5. The lowest BCUT2D eigenvalue weighted by Gasteiger charge is -2.21. The summed E-state index contributed by atoms with van der Waals surface area (Å²) >= 11 is 1.31. The van der Waals surface area contributed by atoms with Crippen LogP contribution >= 0.6 is 11.3 Å². The second-order valence-corrected chi connectivity index (χ2v) is 7.55. The fraction of sp³-hybridized carbons (Fsp3) is 0.250. The number of ether oxygens (including phenoxy) is 1. The molecule has 3 aromatic rings. The van der Waals surface area contributed by atoms with Gasteiger partial charge in [0.1, 0.15) is 17.6 Å². The topological polar surface area (TPSA) is 80.3 Å². The molecule has 0 fully saturated rings. The molecule has 0 radical (unpaired) electrons. The molecule has 0 aliphatic carbocycles. The predicted octanol–water partition coefficient (Wildman–Crippen LogP) is 3.84. The number of halogens is 1. The van der Waals surface area contributed by atoms with Crippen molar-refractivity contribution in [1.29, 1.82) is 0 Å². The Labute approximate surface area is 165 Å². The zero-order chi connectivity index (χ0) is 20.3. The molecule has 2 amide bonds. The highest BCUT2D eigenvalue weighted by atomic mass is 32.1. The molecule has 1 unspecified atom stereocenters. The van der Waals surface area contributed by atoms with Crippen LogP contribution in [0.4, 0.5) is 9.52 Å². The average Bonchev–Trinajstić information content (AvgIpc) is 3.06. The van der Waals surface area contributed by atoms with Crippen LogP contribution in [0.5, 0.6) is 5.75 Å². The Morgan fingerprint density at radius 2 is 1.93 bits per heavy atom. The summed E-state index contributed by atoms with van der Waals surface area (Å²) in [7, 11) is 1.58. The quantitative estimate of drug-likeness (QED) is 0.658. The van der Waals surface area contributed by atoms with Crippen molar-refractivity contribution < 1.29 is 18.7 Å². The SMILES string of the molecule is COc1ccc2nc(NC(=O)C(NC(=O)c3ccccc3F)C(C)C)sc2c1. The van der Waals surface area contributed by atoms with E-state index in [4.69, 9.17) is 4.74 Å². The van der Waals surface area contributed by atoms with Gasteiger partial charge in [0.15, 0.2) is 5.13 Å². The number of carbonyl (C=O) groups excluding carboxylic acids is 2. The van der Waals surface area contributed by atoms with E-state index in [1.54, 1.807) is 39.2 Å². The number of nitrogens with one attached hydrogen (secondary N) is 2. The molecular weight excluding hydrogens is 381 g/mol. The molecule has 0 aliphatic rings. The summed E-state index contributed by atoms with van der Waals surface area (Å²) in [5.74, 6) is -1.19. The number of hydrogen-bond acceptors (Lipinski definition) is 5. The third-order valence-electron chi connectivity index (χ3n) is 4.18. The number of carbonyl (C=O) groups is 2. The van der Waals surface area contributed by atoms with Crippen molar-refractivity contribution in [2.24, 2.45) is 5.92 Å². The molecule has 8 heteroatoms. The fourth-order valence-corrected chi connectivity index (χ4v) is 3.57. The van der Waals surface area contributed by atoms with Crippen molar-refractivity contribution in [3.8, 4) is 5.75 Å². The first-order valence-electron chi connectivity index (χ1n) is 8.70. The van der Waals surface area contributed by atoms with Gasteiger partial charge in [-0.15, -0.1) is 0 Å². The second-order valence-electron chi connectivity index (χ2n) is 6.52. The molecule has 1 atom stereocenters. The summed E-state index contributed by atoms with van der Waals surface area (Å²) in [6.07, 6.45) is 0.